The van der Waals surface area contributed by atoms with E-state index in [4.69, 9.17) is 5.84 Å². The molecule has 0 fully saturated rings. The van der Waals surface area contributed by atoms with Crippen LogP contribution in [0.4, 0.5) is 15.8 Å². The number of nitrogens with one attached hydrogen (secondary N) is 2. The van der Waals surface area contributed by atoms with Gasteiger partial charge in [0.25, 0.3) is 11.6 Å². The minimum atomic E-state index is -0.896. The van der Waals surface area contributed by atoms with Crippen molar-refractivity contribution in [2.45, 2.75) is 26.8 Å². The van der Waals surface area contributed by atoms with Gasteiger partial charge in [0.05, 0.1) is 16.7 Å². The molecule has 0 spiro atoms. The van der Waals surface area contributed by atoms with Crippen molar-refractivity contribution >= 4 is 17.3 Å². The maximum absolute atomic E-state index is 13.5. The molecule has 110 valence electrons. The number of rotatable bonds is 5. The van der Waals surface area contributed by atoms with E-state index >= 15 is 0 Å². The molecule has 0 bridgehead atoms. The minimum absolute atomic E-state index is 0.158. The molecular weight excluding hydrogens is 267 g/mol. The zero-order chi connectivity index (χ0) is 15.4. The van der Waals surface area contributed by atoms with Gasteiger partial charge in [-0.15, -0.1) is 0 Å². The van der Waals surface area contributed by atoms with Crippen molar-refractivity contribution < 1.29 is 14.1 Å². The number of carbonyl (C=O) groups is 1. The fourth-order valence-corrected chi connectivity index (χ4v) is 1.46. The van der Waals surface area contributed by atoms with Crippen LogP contribution in [0.25, 0.3) is 0 Å². The Bertz CT molecular complexity index is 534. The first-order chi connectivity index (χ1) is 9.27. The Morgan fingerprint density at radius 2 is 2.00 bits per heavy atom. The number of nitrogens with zero attached hydrogens (tertiary/aromatic N) is 1. The van der Waals surface area contributed by atoms with Crippen molar-refractivity contribution in [3.05, 3.63) is 33.6 Å². The lowest BCUT2D eigenvalue weighted by Gasteiger charge is -2.17. The van der Waals surface area contributed by atoms with E-state index < -0.39 is 22.3 Å². The SMILES string of the molecule is CC(C)C(C)NC(=O)c1cc(NN)c(F)cc1[N+](=O)[O-]. The second kappa shape index (κ2) is 6.29. The fraction of sp³-hybridized carbons (Fsp3) is 0.417. The molecule has 8 heteroatoms. The highest BCUT2D eigenvalue weighted by Gasteiger charge is 2.24. The molecule has 0 aliphatic rings. The van der Waals surface area contributed by atoms with Crippen LogP contribution >= 0.6 is 0 Å². The highest BCUT2D eigenvalue weighted by atomic mass is 19.1. The van der Waals surface area contributed by atoms with Gasteiger partial charge in [-0.3, -0.25) is 20.8 Å². The van der Waals surface area contributed by atoms with Crippen molar-refractivity contribution in [1.82, 2.24) is 5.32 Å². The number of nitro benzene ring substituents is 1. The Morgan fingerprint density at radius 1 is 1.40 bits per heavy atom. The molecule has 1 unspecified atom stereocenters. The highest BCUT2D eigenvalue weighted by molar-refractivity contribution is 5.99. The first kappa shape index (κ1) is 15.8. The summed E-state index contributed by atoms with van der Waals surface area (Å²) in [6.45, 7) is 5.58. The molecule has 7 nitrogen and oxygen atoms in total. The molecule has 0 saturated carbocycles. The molecule has 1 aromatic carbocycles. The van der Waals surface area contributed by atoms with Gasteiger partial charge in [-0.05, 0) is 18.9 Å². The maximum Gasteiger partial charge on any atom is 0.285 e. The van der Waals surface area contributed by atoms with E-state index in [1.165, 1.54) is 0 Å². The van der Waals surface area contributed by atoms with Gasteiger partial charge < -0.3 is 10.7 Å². The van der Waals surface area contributed by atoms with Gasteiger partial charge in [0, 0.05) is 6.04 Å². The van der Waals surface area contributed by atoms with Crippen LogP contribution in [0.2, 0.25) is 0 Å². The number of nitrogen functional groups attached to an aromatic ring is 1. The second-order valence-corrected chi connectivity index (χ2v) is 4.76. The summed E-state index contributed by atoms with van der Waals surface area (Å²) in [7, 11) is 0. The Balaban J connectivity index is 3.21. The lowest BCUT2D eigenvalue weighted by Crippen LogP contribution is -2.36. The molecule has 0 radical (unpaired) electrons. The molecule has 0 aliphatic heterocycles. The van der Waals surface area contributed by atoms with E-state index in [2.05, 4.69) is 10.7 Å². The fourth-order valence-electron chi connectivity index (χ4n) is 1.46. The smallest absolute Gasteiger partial charge is 0.285 e. The first-order valence-corrected chi connectivity index (χ1v) is 6.03. The van der Waals surface area contributed by atoms with E-state index in [9.17, 15) is 19.3 Å². The molecule has 0 aliphatic carbocycles. The zero-order valence-electron chi connectivity index (χ0n) is 11.4. The minimum Gasteiger partial charge on any atom is -0.349 e. The van der Waals surface area contributed by atoms with Gasteiger partial charge in [0.2, 0.25) is 0 Å². The largest absolute Gasteiger partial charge is 0.349 e. The Kier molecular flexibility index (Phi) is 4.98. The topological polar surface area (TPSA) is 110 Å². The quantitative estimate of drug-likeness (QED) is 0.434. The number of nitro groups is 1. The van der Waals surface area contributed by atoms with Crippen molar-refractivity contribution in [1.29, 1.82) is 0 Å². The summed E-state index contributed by atoms with van der Waals surface area (Å²) in [5.74, 6) is 3.72. The molecule has 0 heterocycles. The first-order valence-electron chi connectivity index (χ1n) is 6.03. The molecule has 0 saturated heterocycles. The summed E-state index contributed by atoms with van der Waals surface area (Å²) in [6, 6.07) is 1.52. The van der Waals surface area contributed by atoms with E-state index in [-0.39, 0.29) is 23.2 Å². The van der Waals surface area contributed by atoms with Gasteiger partial charge in [-0.2, -0.15) is 0 Å². The van der Waals surface area contributed by atoms with E-state index in [1.54, 1.807) is 6.92 Å². The third kappa shape index (κ3) is 3.41. The summed E-state index contributed by atoms with van der Waals surface area (Å²) < 4.78 is 13.5. The molecule has 1 rings (SSSR count). The predicted octanol–water partition coefficient (Wildman–Crippen LogP) is 1.79. The van der Waals surface area contributed by atoms with Gasteiger partial charge in [-0.1, -0.05) is 13.8 Å². The molecule has 4 N–H and O–H groups in total. The molecule has 1 aromatic rings. The number of hydrazine groups is 1. The van der Waals surface area contributed by atoms with E-state index in [0.29, 0.717) is 6.07 Å². The highest BCUT2D eigenvalue weighted by Crippen LogP contribution is 2.25. The lowest BCUT2D eigenvalue weighted by molar-refractivity contribution is -0.385. The van der Waals surface area contributed by atoms with Crippen molar-refractivity contribution in [2.75, 3.05) is 5.43 Å². The zero-order valence-corrected chi connectivity index (χ0v) is 11.4. The van der Waals surface area contributed by atoms with Crippen LogP contribution in [0.3, 0.4) is 0 Å². The number of halogens is 1. The van der Waals surface area contributed by atoms with E-state index in [1.807, 2.05) is 13.8 Å². The number of hydrogen-bond acceptors (Lipinski definition) is 5. The number of carbonyl (C=O) groups excluding carboxylic acids is 1. The standard InChI is InChI=1S/C12H17FN4O3/c1-6(2)7(3)15-12(18)8-4-10(16-14)9(13)5-11(8)17(19)20/h4-7,16H,14H2,1-3H3,(H,15,18). The number of hydrogen-bond donors (Lipinski definition) is 3. The molecule has 0 aromatic heterocycles. The van der Waals surface area contributed by atoms with Crippen LogP contribution in [0, 0.1) is 21.8 Å². The monoisotopic (exact) mass is 284 g/mol. The van der Waals surface area contributed by atoms with Crippen LogP contribution in [-0.2, 0) is 0 Å². The number of nitrogens with two attached hydrogens (primary N) is 1. The van der Waals surface area contributed by atoms with Crippen LogP contribution < -0.4 is 16.6 Å². The van der Waals surface area contributed by atoms with Gasteiger partial charge in [0.15, 0.2) is 5.82 Å². The number of anilines is 1. The number of amides is 1. The van der Waals surface area contributed by atoms with Crippen molar-refractivity contribution in [3.8, 4) is 0 Å². The lowest BCUT2D eigenvalue weighted by atomic mass is 10.1. The third-order valence-electron chi connectivity index (χ3n) is 3.04. The average molecular weight is 284 g/mol. The van der Waals surface area contributed by atoms with Crippen LogP contribution in [0.15, 0.2) is 12.1 Å². The summed E-state index contributed by atoms with van der Waals surface area (Å²) in [4.78, 5) is 22.2. The maximum atomic E-state index is 13.5. The predicted molar refractivity (Wildman–Crippen MR) is 72.6 cm³/mol. The Morgan fingerprint density at radius 3 is 2.45 bits per heavy atom. The normalized spacial score (nSPS) is 12.1. The molecule has 1 amide bonds. The van der Waals surface area contributed by atoms with Crippen LogP contribution in [0.1, 0.15) is 31.1 Å². The van der Waals surface area contributed by atoms with Gasteiger partial charge in [-0.25, -0.2) is 4.39 Å². The Labute approximate surface area is 115 Å². The summed E-state index contributed by atoms with van der Waals surface area (Å²) in [5.41, 5.74) is 1.03. The second-order valence-electron chi connectivity index (χ2n) is 4.76. The van der Waals surface area contributed by atoms with Crippen LogP contribution in [-0.4, -0.2) is 16.9 Å². The molecule has 1 atom stereocenters. The van der Waals surface area contributed by atoms with E-state index in [0.717, 1.165) is 6.07 Å². The van der Waals surface area contributed by atoms with Crippen molar-refractivity contribution in [3.63, 3.8) is 0 Å². The third-order valence-corrected chi connectivity index (χ3v) is 3.04. The number of benzene rings is 1. The summed E-state index contributed by atoms with van der Waals surface area (Å²) >= 11 is 0. The Hall–Kier alpha value is -2.22. The van der Waals surface area contributed by atoms with Crippen LogP contribution in [0.5, 0.6) is 0 Å². The van der Waals surface area contributed by atoms with Gasteiger partial charge in [0.1, 0.15) is 5.56 Å². The average Bonchev–Trinajstić information content (AvgIpc) is 2.37. The molecular formula is C12H17FN4O3. The summed E-state index contributed by atoms with van der Waals surface area (Å²) in [6.07, 6.45) is 0. The molecule has 20 heavy (non-hydrogen) atoms. The van der Waals surface area contributed by atoms with Gasteiger partial charge >= 0.3 is 0 Å². The van der Waals surface area contributed by atoms with Crippen molar-refractivity contribution in [2.24, 2.45) is 11.8 Å². The summed E-state index contributed by atoms with van der Waals surface area (Å²) in [5, 5.41) is 13.5.